The molecule has 21 heavy (non-hydrogen) atoms. The highest BCUT2D eigenvalue weighted by molar-refractivity contribution is 7.89. The number of sulfonamides is 1. The third-order valence-corrected chi connectivity index (χ3v) is 5.24. The average Bonchev–Trinajstić information content (AvgIpc) is 3.30. The van der Waals surface area contributed by atoms with Gasteiger partial charge in [-0.2, -0.15) is 4.31 Å². The van der Waals surface area contributed by atoms with Gasteiger partial charge in [0, 0.05) is 46.1 Å². The first kappa shape index (κ1) is 16.4. The number of rotatable bonds is 9. The smallest absolute Gasteiger partial charge is 0.260 e. The second kappa shape index (κ2) is 7.31. The topological polar surface area (TPSA) is 71.5 Å². The molecule has 1 fully saturated rings. The maximum absolute atomic E-state index is 12.3. The van der Waals surface area contributed by atoms with E-state index in [2.05, 4.69) is 10.3 Å². The van der Waals surface area contributed by atoms with Crippen LogP contribution in [0, 0.1) is 0 Å². The van der Waals surface area contributed by atoms with E-state index >= 15 is 0 Å². The highest BCUT2D eigenvalue weighted by atomic mass is 32.2. The van der Waals surface area contributed by atoms with E-state index in [-0.39, 0.29) is 5.03 Å². The number of hydrogen-bond acceptors (Lipinski definition) is 5. The van der Waals surface area contributed by atoms with Gasteiger partial charge in [-0.3, -0.25) is 0 Å². The van der Waals surface area contributed by atoms with Crippen molar-refractivity contribution in [3.63, 3.8) is 0 Å². The van der Waals surface area contributed by atoms with Crippen LogP contribution in [0.2, 0.25) is 0 Å². The molecule has 0 aromatic carbocycles. The minimum absolute atomic E-state index is 0.0950. The maximum atomic E-state index is 12.3. The van der Waals surface area contributed by atoms with Crippen molar-refractivity contribution in [1.29, 1.82) is 0 Å². The van der Waals surface area contributed by atoms with Crippen LogP contribution in [-0.4, -0.2) is 51.1 Å². The predicted molar refractivity (Wildman–Crippen MR) is 80.4 cm³/mol. The van der Waals surface area contributed by atoms with E-state index in [0.717, 1.165) is 12.1 Å². The highest BCUT2D eigenvalue weighted by Gasteiger charge is 2.22. The minimum Gasteiger partial charge on any atom is -0.385 e. The van der Waals surface area contributed by atoms with Gasteiger partial charge in [0.1, 0.15) is 0 Å². The molecule has 0 bridgehead atoms. The van der Waals surface area contributed by atoms with E-state index in [0.29, 0.717) is 25.6 Å². The third kappa shape index (κ3) is 4.74. The quantitative estimate of drug-likeness (QED) is 0.688. The van der Waals surface area contributed by atoms with Crippen LogP contribution in [-0.2, 0) is 21.3 Å². The number of nitrogens with one attached hydrogen (secondary N) is 1. The molecule has 1 aliphatic carbocycles. The van der Waals surface area contributed by atoms with Gasteiger partial charge in [0.25, 0.3) is 10.0 Å². The lowest BCUT2D eigenvalue weighted by Gasteiger charge is -2.16. The lowest BCUT2D eigenvalue weighted by Crippen LogP contribution is -2.29. The van der Waals surface area contributed by atoms with Crippen molar-refractivity contribution in [2.45, 2.75) is 36.9 Å². The summed E-state index contributed by atoms with van der Waals surface area (Å²) in [5, 5.41) is 3.47. The zero-order valence-electron chi connectivity index (χ0n) is 12.6. The summed E-state index contributed by atoms with van der Waals surface area (Å²) >= 11 is 0. The molecule has 1 heterocycles. The molecule has 0 radical (unpaired) electrons. The molecule has 0 amide bonds. The van der Waals surface area contributed by atoms with Crippen LogP contribution in [0.15, 0.2) is 23.4 Å². The lowest BCUT2D eigenvalue weighted by atomic mass is 10.3. The monoisotopic (exact) mass is 313 g/mol. The summed E-state index contributed by atoms with van der Waals surface area (Å²) < 4.78 is 30.9. The molecule has 0 atom stereocenters. The van der Waals surface area contributed by atoms with Crippen molar-refractivity contribution >= 4 is 10.0 Å². The maximum Gasteiger partial charge on any atom is 0.260 e. The van der Waals surface area contributed by atoms with Crippen molar-refractivity contribution in [3.05, 3.63) is 23.9 Å². The van der Waals surface area contributed by atoms with Crippen LogP contribution < -0.4 is 5.32 Å². The first-order chi connectivity index (χ1) is 10.0. The highest BCUT2D eigenvalue weighted by Crippen LogP contribution is 2.19. The Hall–Kier alpha value is -1.02. The van der Waals surface area contributed by atoms with E-state index in [1.165, 1.54) is 17.1 Å². The zero-order valence-corrected chi connectivity index (χ0v) is 13.4. The number of hydrogen-bond donors (Lipinski definition) is 1. The van der Waals surface area contributed by atoms with Crippen LogP contribution in [0.1, 0.15) is 24.8 Å². The van der Waals surface area contributed by atoms with E-state index in [4.69, 9.17) is 4.74 Å². The molecule has 0 unspecified atom stereocenters. The fraction of sp³-hybridized carbons (Fsp3) is 0.643. The molecule has 1 aromatic heterocycles. The Morgan fingerprint density at radius 1 is 1.43 bits per heavy atom. The van der Waals surface area contributed by atoms with Crippen LogP contribution in [0.3, 0.4) is 0 Å². The molecule has 1 aromatic rings. The molecule has 1 aliphatic rings. The van der Waals surface area contributed by atoms with Crippen molar-refractivity contribution in [2.24, 2.45) is 0 Å². The summed E-state index contributed by atoms with van der Waals surface area (Å²) in [6.07, 6.45) is 4.75. The summed E-state index contributed by atoms with van der Waals surface area (Å²) in [5.41, 5.74) is 1.00. The Balaban J connectivity index is 1.94. The van der Waals surface area contributed by atoms with Gasteiger partial charge in [-0.1, -0.05) is 6.07 Å². The van der Waals surface area contributed by atoms with Crippen LogP contribution >= 0.6 is 0 Å². The third-order valence-electron chi connectivity index (χ3n) is 3.47. The summed E-state index contributed by atoms with van der Waals surface area (Å²) in [4.78, 5) is 4.10. The van der Waals surface area contributed by atoms with Gasteiger partial charge in [0.2, 0.25) is 0 Å². The largest absolute Gasteiger partial charge is 0.385 e. The summed E-state index contributed by atoms with van der Waals surface area (Å²) in [7, 11) is -0.343. The molecule has 118 valence electrons. The van der Waals surface area contributed by atoms with Gasteiger partial charge in [0.15, 0.2) is 5.03 Å². The van der Waals surface area contributed by atoms with E-state index < -0.39 is 10.0 Å². The summed E-state index contributed by atoms with van der Waals surface area (Å²) in [6.45, 7) is 1.70. The summed E-state index contributed by atoms with van der Waals surface area (Å²) in [6, 6.07) is 4.02. The number of pyridine rings is 1. The number of ether oxygens (including phenoxy) is 1. The van der Waals surface area contributed by atoms with Gasteiger partial charge in [-0.05, 0) is 30.9 Å². The zero-order chi connectivity index (χ0) is 15.3. The van der Waals surface area contributed by atoms with Gasteiger partial charge in [0.05, 0.1) is 0 Å². The molecule has 7 heteroatoms. The van der Waals surface area contributed by atoms with E-state index in [9.17, 15) is 8.42 Å². The fourth-order valence-electron chi connectivity index (χ4n) is 1.93. The average molecular weight is 313 g/mol. The van der Waals surface area contributed by atoms with Crippen molar-refractivity contribution in [2.75, 3.05) is 27.3 Å². The standard InChI is InChI=1S/C14H23N3O3S/c1-17(8-3-9-20-2)21(18,19)14-7-4-12(11-16-14)10-15-13-5-6-13/h4,7,11,13,15H,3,5-6,8-10H2,1-2H3. The lowest BCUT2D eigenvalue weighted by molar-refractivity contribution is 0.189. The summed E-state index contributed by atoms with van der Waals surface area (Å²) in [5.74, 6) is 0. The molecule has 0 saturated heterocycles. The molecular formula is C14H23N3O3S. The molecule has 0 aliphatic heterocycles. The second-order valence-corrected chi connectivity index (χ2v) is 7.32. The van der Waals surface area contributed by atoms with Crippen molar-refractivity contribution in [1.82, 2.24) is 14.6 Å². The molecule has 1 N–H and O–H groups in total. The van der Waals surface area contributed by atoms with Gasteiger partial charge < -0.3 is 10.1 Å². The molecule has 2 rings (SSSR count). The molecule has 1 saturated carbocycles. The van der Waals surface area contributed by atoms with Crippen molar-refractivity contribution < 1.29 is 13.2 Å². The van der Waals surface area contributed by atoms with Gasteiger partial charge in [-0.15, -0.1) is 0 Å². The van der Waals surface area contributed by atoms with Crippen LogP contribution in [0.4, 0.5) is 0 Å². The van der Waals surface area contributed by atoms with Crippen LogP contribution in [0.25, 0.3) is 0 Å². The number of methoxy groups -OCH3 is 1. The molecule has 0 spiro atoms. The van der Waals surface area contributed by atoms with Crippen LogP contribution in [0.5, 0.6) is 0 Å². The van der Waals surface area contributed by atoms with Gasteiger partial charge in [-0.25, -0.2) is 13.4 Å². The first-order valence-electron chi connectivity index (χ1n) is 7.17. The Kier molecular flexibility index (Phi) is 5.69. The number of nitrogens with zero attached hydrogens (tertiary/aromatic N) is 2. The first-order valence-corrected chi connectivity index (χ1v) is 8.61. The SMILES string of the molecule is COCCCN(C)S(=O)(=O)c1ccc(CNC2CC2)cn1. The van der Waals surface area contributed by atoms with E-state index in [1.54, 1.807) is 26.4 Å². The second-order valence-electron chi connectivity index (χ2n) is 5.33. The van der Waals surface area contributed by atoms with Gasteiger partial charge >= 0.3 is 0 Å². The van der Waals surface area contributed by atoms with Crippen molar-refractivity contribution in [3.8, 4) is 0 Å². The Bertz CT molecular complexity index is 541. The molecular weight excluding hydrogens is 290 g/mol. The van der Waals surface area contributed by atoms with E-state index in [1.807, 2.05) is 6.07 Å². The minimum atomic E-state index is -3.51. The normalized spacial score (nSPS) is 15.6. The fourth-order valence-corrected chi connectivity index (χ4v) is 3.04. The molecule has 6 nitrogen and oxygen atoms in total. The Morgan fingerprint density at radius 3 is 2.76 bits per heavy atom. The number of aromatic nitrogens is 1. The Morgan fingerprint density at radius 2 is 2.19 bits per heavy atom. The predicted octanol–water partition coefficient (Wildman–Crippen LogP) is 0.991. The Labute approximate surface area is 126 Å².